The summed E-state index contributed by atoms with van der Waals surface area (Å²) in [7, 11) is 0. The number of ether oxygens (including phenoxy) is 1. The summed E-state index contributed by atoms with van der Waals surface area (Å²) >= 11 is 0. The smallest absolute Gasteiger partial charge is 0.138 e. The molecule has 108 valence electrons. The Morgan fingerprint density at radius 2 is 1.95 bits per heavy atom. The summed E-state index contributed by atoms with van der Waals surface area (Å²) in [5, 5.41) is 10.4. The van der Waals surface area contributed by atoms with E-state index >= 15 is 0 Å². The van der Waals surface area contributed by atoms with Crippen LogP contribution in [0, 0.1) is 6.92 Å². The van der Waals surface area contributed by atoms with Crippen molar-refractivity contribution in [2.45, 2.75) is 20.0 Å². The van der Waals surface area contributed by atoms with Gasteiger partial charge in [0.25, 0.3) is 0 Å². The summed E-state index contributed by atoms with van der Waals surface area (Å²) in [4.78, 5) is 0. The monoisotopic (exact) mass is 282 g/mol. The van der Waals surface area contributed by atoms with Crippen molar-refractivity contribution in [2.24, 2.45) is 0 Å². The molecule has 0 spiro atoms. The molecular weight excluding hydrogens is 264 g/mol. The van der Waals surface area contributed by atoms with E-state index in [0.29, 0.717) is 0 Å². The van der Waals surface area contributed by atoms with Crippen LogP contribution < -0.4 is 4.74 Å². The van der Waals surface area contributed by atoms with E-state index in [0.717, 1.165) is 33.6 Å². The Hall–Kier alpha value is -2.26. The second-order valence-corrected chi connectivity index (χ2v) is 5.24. The van der Waals surface area contributed by atoms with E-state index in [4.69, 9.17) is 9.15 Å². The van der Waals surface area contributed by atoms with Gasteiger partial charge in [-0.05, 0) is 32.0 Å². The molecule has 1 aromatic heterocycles. The lowest BCUT2D eigenvalue weighted by molar-refractivity contribution is 0.123. The molecule has 1 heterocycles. The first-order valence-corrected chi connectivity index (χ1v) is 7.04. The van der Waals surface area contributed by atoms with Crippen molar-refractivity contribution in [3.05, 3.63) is 54.1 Å². The number of furan rings is 1. The standard InChI is InChI=1S/C18H18O3/c1-12(19)11-20-15-7-5-6-14(10-15)18-13(2)16-8-3-4-9-17(16)21-18/h3-10,12,19H,11H2,1-2H3. The molecule has 3 rings (SSSR count). The van der Waals surface area contributed by atoms with Crippen molar-refractivity contribution >= 4 is 11.0 Å². The highest BCUT2D eigenvalue weighted by Crippen LogP contribution is 2.34. The molecule has 1 atom stereocenters. The Balaban J connectivity index is 1.98. The number of aliphatic hydroxyl groups is 1. The van der Waals surface area contributed by atoms with Crippen molar-refractivity contribution in [3.8, 4) is 17.1 Å². The van der Waals surface area contributed by atoms with Gasteiger partial charge in [0.1, 0.15) is 23.7 Å². The number of para-hydroxylation sites is 1. The van der Waals surface area contributed by atoms with Gasteiger partial charge in [-0.2, -0.15) is 0 Å². The molecule has 2 aromatic carbocycles. The topological polar surface area (TPSA) is 42.6 Å². The maximum Gasteiger partial charge on any atom is 0.138 e. The number of benzene rings is 2. The number of aliphatic hydroxyl groups excluding tert-OH is 1. The van der Waals surface area contributed by atoms with Gasteiger partial charge in [0.2, 0.25) is 0 Å². The van der Waals surface area contributed by atoms with Gasteiger partial charge in [-0.3, -0.25) is 0 Å². The number of fused-ring (bicyclic) bond motifs is 1. The Morgan fingerprint density at radius 1 is 1.14 bits per heavy atom. The largest absolute Gasteiger partial charge is 0.491 e. The van der Waals surface area contributed by atoms with E-state index in [1.807, 2.05) is 42.5 Å². The summed E-state index contributed by atoms with van der Waals surface area (Å²) in [6.45, 7) is 4.04. The predicted octanol–water partition coefficient (Wildman–Crippen LogP) is 4.17. The van der Waals surface area contributed by atoms with Crippen molar-refractivity contribution in [1.29, 1.82) is 0 Å². The van der Waals surface area contributed by atoms with Gasteiger partial charge in [0, 0.05) is 16.5 Å². The van der Waals surface area contributed by atoms with Crippen LogP contribution in [0.1, 0.15) is 12.5 Å². The minimum atomic E-state index is -0.485. The molecule has 3 heteroatoms. The fraction of sp³-hybridized carbons (Fsp3) is 0.222. The molecule has 1 unspecified atom stereocenters. The van der Waals surface area contributed by atoms with Crippen LogP contribution in [-0.2, 0) is 0 Å². The molecule has 0 saturated carbocycles. The fourth-order valence-corrected chi connectivity index (χ4v) is 2.39. The zero-order valence-electron chi connectivity index (χ0n) is 12.2. The van der Waals surface area contributed by atoms with Gasteiger partial charge >= 0.3 is 0 Å². The van der Waals surface area contributed by atoms with Crippen LogP contribution in [0.4, 0.5) is 0 Å². The summed E-state index contributed by atoms with van der Waals surface area (Å²) < 4.78 is 11.5. The highest BCUT2D eigenvalue weighted by molar-refractivity contribution is 5.87. The molecular formula is C18H18O3. The molecule has 0 radical (unpaired) electrons. The zero-order valence-corrected chi connectivity index (χ0v) is 12.2. The lowest BCUT2D eigenvalue weighted by atomic mass is 10.1. The molecule has 21 heavy (non-hydrogen) atoms. The van der Waals surface area contributed by atoms with E-state index in [-0.39, 0.29) is 6.61 Å². The van der Waals surface area contributed by atoms with Crippen molar-refractivity contribution in [3.63, 3.8) is 0 Å². The Labute approximate surface area is 123 Å². The van der Waals surface area contributed by atoms with Crippen molar-refractivity contribution in [2.75, 3.05) is 6.61 Å². The average molecular weight is 282 g/mol. The first-order valence-electron chi connectivity index (χ1n) is 7.04. The number of hydrogen-bond donors (Lipinski definition) is 1. The molecule has 1 N–H and O–H groups in total. The number of aryl methyl sites for hydroxylation is 1. The third-order valence-electron chi connectivity index (χ3n) is 3.43. The molecule has 0 fully saturated rings. The average Bonchev–Trinajstić information content (AvgIpc) is 2.83. The molecule has 3 nitrogen and oxygen atoms in total. The molecule has 0 saturated heterocycles. The predicted molar refractivity (Wildman–Crippen MR) is 83.6 cm³/mol. The van der Waals surface area contributed by atoms with E-state index in [1.165, 1.54) is 0 Å². The third kappa shape index (κ3) is 2.78. The van der Waals surface area contributed by atoms with Gasteiger partial charge in [0.05, 0.1) is 6.10 Å². The SMILES string of the molecule is Cc1c(-c2cccc(OCC(C)O)c2)oc2ccccc12. The Kier molecular flexibility index (Phi) is 3.67. The summed E-state index contributed by atoms with van der Waals surface area (Å²) in [5.74, 6) is 1.59. The second-order valence-electron chi connectivity index (χ2n) is 5.24. The van der Waals surface area contributed by atoms with Crippen molar-refractivity contribution in [1.82, 2.24) is 0 Å². The first kappa shape index (κ1) is 13.7. The third-order valence-corrected chi connectivity index (χ3v) is 3.43. The van der Waals surface area contributed by atoms with Crippen LogP contribution in [0.25, 0.3) is 22.3 Å². The van der Waals surface area contributed by atoms with Crippen LogP contribution in [0.3, 0.4) is 0 Å². The summed E-state index contributed by atoms with van der Waals surface area (Å²) in [6, 6.07) is 15.8. The molecule has 0 amide bonds. The van der Waals surface area contributed by atoms with Gasteiger partial charge in [-0.15, -0.1) is 0 Å². The van der Waals surface area contributed by atoms with Gasteiger partial charge in [0.15, 0.2) is 0 Å². The fourth-order valence-electron chi connectivity index (χ4n) is 2.39. The molecule has 0 aliphatic rings. The van der Waals surface area contributed by atoms with Crippen LogP contribution in [-0.4, -0.2) is 17.8 Å². The quantitative estimate of drug-likeness (QED) is 0.781. The van der Waals surface area contributed by atoms with Crippen LogP contribution in [0.15, 0.2) is 52.9 Å². The van der Waals surface area contributed by atoms with E-state index in [2.05, 4.69) is 13.0 Å². The Bertz CT molecular complexity index is 756. The Morgan fingerprint density at radius 3 is 2.71 bits per heavy atom. The second kappa shape index (κ2) is 5.62. The van der Waals surface area contributed by atoms with E-state index < -0.39 is 6.10 Å². The summed E-state index contributed by atoms with van der Waals surface area (Å²) in [6.07, 6.45) is -0.485. The molecule has 3 aromatic rings. The highest BCUT2D eigenvalue weighted by Gasteiger charge is 2.12. The summed E-state index contributed by atoms with van der Waals surface area (Å²) in [5.41, 5.74) is 2.99. The van der Waals surface area contributed by atoms with Gasteiger partial charge in [-0.25, -0.2) is 0 Å². The molecule has 0 bridgehead atoms. The van der Waals surface area contributed by atoms with Crippen LogP contribution in [0.5, 0.6) is 5.75 Å². The normalized spacial score (nSPS) is 12.5. The number of rotatable bonds is 4. The van der Waals surface area contributed by atoms with Crippen molar-refractivity contribution < 1.29 is 14.3 Å². The molecule has 0 aliphatic heterocycles. The lowest BCUT2D eigenvalue weighted by Gasteiger charge is -2.09. The van der Waals surface area contributed by atoms with Crippen LogP contribution >= 0.6 is 0 Å². The number of hydrogen-bond acceptors (Lipinski definition) is 3. The van der Waals surface area contributed by atoms with Crippen LogP contribution in [0.2, 0.25) is 0 Å². The maximum absolute atomic E-state index is 9.30. The molecule has 0 aliphatic carbocycles. The zero-order chi connectivity index (χ0) is 14.8. The lowest BCUT2D eigenvalue weighted by Crippen LogP contribution is -2.12. The minimum absolute atomic E-state index is 0.280. The maximum atomic E-state index is 9.30. The van der Waals surface area contributed by atoms with Gasteiger partial charge in [-0.1, -0.05) is 30.3 Å². The van der Waals surface area contributed by atoms with E-state index in [1.54, 1.807) is 6.92 Å². The highest BCUT2D eigenvalue weighted by atomic mass is 16.5. The first-order chi connectivity index (χ1) is 10.1. The van der Waals surface area contributed by atoms with Gasteiger partial charge < -0.3 is 14.3 Å². The van der Waals surface area contributed by atoms with E-state index in [9.17, 15) is 5.11 Å². The minimum Gasteiger partial charge on any atom is -0.491 e.